The zero-order valence-corrected chi connectivity index (χ0v) is 14.1. The van der Waals surface area contributed by atoms with Crippen molar-refractivity contribution in [3.63, 3.8) is 0 Å². The zero-order chi connectivity index (χ0) is 16.4. The van der Waals surface area contributed by atoms with Gasteiger partial charge in [-0.2, -0.15) is 0 Å². The maximum absolute atomic E-state index is 6.19. The van der Waals surface area contributed by atoms with Gasteiger partial charge in [-0.3, -0.25) is 0 Å². The van der Waals surface area contributed by atoms with Crippen molar-refractivity contribution in [1.82, 2.24) is 9.55 Å². The maximum atomic E-state index is 6.19. The Morgan fingerprint density at radius 2 is 2.08 bits per heavy atom. The molecule has 1 saturated heterocycles. The number of hydrogen-bond donors (Lipinski definition) is 0. The normalized spacial score (nSPS) is 17.5. The third-order valence-corrected chi connectivity index (χ3v) is 4.55. The first kappa shape index (κ1) is 15.5. The van der Waals surface area contributed by atoms with Crippen LogP contribution < -0.4 is 4.74 Å². The molecule has 0 aliphatic carbocycles. The molecule has 5 heteroatoms. The number of fused-ring (bicyclic) bond motifs is 1. The molecule has 0 spiro atoms. The van der Waals surface area contributed by atoms with Gasteiger partial charge in [0.15, 0.2) is 0 Å². The minimum atomic E-state index is 0.233. The monoisotopic (exact) mass is 342 g/mol. The molecule has 0 amide bonds. The van der Waals surface area contributed by atoms with E-state index in [1.54, 1.807) is 0 Å². The minimum Gasteiger partial charge on any atom is -0.486 e. The van der Waals surface area contributed by atoms with Crippen LogP contribution in [-0.2, 0) is 17.9 Å². The fourth-order valence-corrected chi connectivity index (χ4v) is 3.28. The molecule has 1 aliphatic rings. The van der Waals surface area contributed by atoms with E-state index >= 15 is 0 Å². The molecule has 1 aliphatic heterocycles. The third kappa shape index (κ3) is 3.25. The summed E-state index contributed by atoms with van der Waals surface area (Å²) in [7, 11) is 0. The number of imidazole rings is 1. The summed E-state index contributed by atoms with van der Waals surface area (Å²) in [5.74, 6) is 1.73. The van der Waals surface area contributed by atoms with Crippen molar-refractivity contribution in [3.05, 3.63) is 59.4 Å². The standard InChI is InChI=1S/C19H19ClN2O2/c20-14-8-9-17-18(11-14)22(12-16-7-4-10-23-16)19(21-17)13-24-15-5-2-1-3-6-15/h1-3,5-6,8-9,11,16H,4,7,10,12-13H2. The summed E-state index contributed by atoms with van der Waals surface area (Å²) in [5.41, 5.74) is 1.97. The third-order valence-electron chi connectivity index (χ3n) is 4.31. The molecule has 1 unspecified atom stereocenters. The Morgan fingerprint density at radius 3 is 2.88 bits per heavy atom. The molecule has 1 aromatic heterocycles. The highest BCUT2D eigenvalue weighted by Crippen LogP contribution is 2.24. The van der Waals surface area contributed by atoms with Gasteiger partial charge in [0.1, 0.15) is 18.2 Å². The van der Waals surface area contributed by atoms with Crippen molar-refractivity contribution in [1.29, 1.82) is 0 Å². The molecule has 3 aromatic rings. The Balaban J connectivity index is 1.64. The average molecular weight is 343 g/mol. The second kappa shape index (κ2) is 6.83. The van der Waals surface area contributed by atoms with Gasteiger partial charge in [0.2, 0.25) is 0 Å². The van der Waals surface area contributed by atoms with Crippen molar-refractivity contribution in [2.45, 2.75) is 32.1 Å². The van der Waals surface area contributed by atoms with Gasteiger partial charge in [0.25, 0.3) is 0 Å². The van der Waals surface area contributed by atoms with Gasteiger partial charge in [0.05, 0.1) is 23.7 Å². The van der Waals surface area contributed by atoms with Crippen LogP contribution in [0, 0.1) is 0 Å². The smallest absolute Gasteiger partial charge is 0.148 e. The summed E-state index contributed by atoms with van der Waals surface area (Å²) >= 11 is 6.19. The van der Waals surface area contributed by atoms with Crippen LogP contribution in [0.2, 0.25) is 5.02 Å². The lowest BCUT2D eigenvalue weighted by molar-refractivity contribution is 0.0963. The molecule has 0 saturated carbocycles. The number of para-hydroxylation sites is 1. The van der Waals surface area contributed by atoms with Gasteiger partial charge in [-0.25, -0.2) is 4.98 Å². The maximum Gasteiger partial charge on any atom is 0.148 e. The molecule has 1 fully saturated rings. The summed E-state index contributed by atoms with van der Waals surface area (Å²) in [6, 6.07) is 15.6. The number of hydrogen-bond acceptors (Lipinski definition) is 3. The lowest BCUT2D eigenvalue weighted by atomic mass is 10.2. The van der Waals surface area contributed by atoms with E-state index < -0.39 is 0 Å². The highest BCUT2D eigenvalue weighted by atomic mass is 35.5. The molecule has 124 valence electrons. The molecule has 2 aromatic carbocycles. The number of nitrogens with zero attached hydrogens (tertiary/aromatic N) is 2. The van der Waals surface area contributed by atoms with Crippen LogP contribution in [0.3, 0.4) is 0 Å². The molecule has 0 N–H and O–H groups in total. The fourth-order valence-electron chi connectivity index (χ4n) is 3.12. The molecule has 4 nitrogen and oxygen atoms in total. The van der Waals surface area contributed by atoms with Crippen LogP contribution in [0.1, 0.15) is 18.7 Å². The lowest BCUT2D eigenvalue weighted by Gasteiger charge is -2.14. The number of benzene rings is 2. The van der Waals surface area contributed by atoms with Crippen molar-refractivity contribution >= 4 is 22.6 Å². The predicted octanol–water partition coefficient (Wildman–Crippen LogP) is 4.45. The number of aromatic nitrogens is 2. The van der Waals surface area contributed by atoms with Crippen molar-refractivity contribution in [2.75, 3.05) is 6.61 Å². The molecule has 0 radical (unpaired) electrons. The van der Waals surface area contributed by atoms with E-state index in [2.05, 4.69) is 4.57 Å². The van der Waals surface area contributed by atoms with Gasteiger partial charge in [0, 0.05) is 11.6 Å². The highest BCUT2D eigenvalue weighted by molar-refractivity contribution is 6.31. The van der Waals surface area contributed by atoms with Gasteiger partial charge in [-0.05, 0) is 43.2 Å². The predicted molar refractivity (Wildman–Crippen MR) is 94.5 cm³/mol. The van der Waals surface area contributed by atoms with Crippen LogP contribution in [0.5, 0.6) is 5.75 Å². The minimum absolute atomic E-state index is 0.233. The largest absolute Gasteiger partial charge is 0.486 e. The number of ether oxygens (including phenoxy) is 2. The fraction of sp³-hybridized carbons (Fsp3) is 0.316. The summed E-state index contributed by atoms with van der Waals surface area (Å²) in [6.45, 7) is 2.04. The van der Waals surface area contributed by atoms with Gasteiger partial charge >= 0.3 is 0 Å². The summed E-state index contributed by atoms with van der Waals surface area (Å²) < 4.78 is 13.9. The first-order valence-electron chi connectivity index (χ1n) is 8.24. The summed E-state index contributed by atoms with van der Waals surface area (Å²) in [6.07, 6.45) is 2.43. The van der Waals surface area contributed by atoms with Crippen LogP contribution in [0.15, 0.2) is 48.5 Å². The van der Waals surface area contributed by atoms with Gasteiger partial charge in [-0.15, -0.1) is 0 Å². The zero-order valence-electron chi connectivity index (χ0n) is 13.3. The van der Waals surface area contributed by atoms with E-state index in [0.717, 1.165) is 48.6 Å². The first-order chi connectivity index (χ1) is 11.8. The van der Waals surface area contributed by atoms with E-state index in [0.29, 0.717) is 11.6 Å². The molecule has 4 rings (SSSR count). The Kier molecular flexibility index (Phi) is 4.41. The summed E-state index contributed by atoms with van der Waals surface area (Å²) in [4.78, 5) is 4.73. The van der Waals surface area contributed by atoms with Gasteiger partial charge in [-0.1, -0.05) is 29.8 Å². The van der Waals surface area contributed by atoms with Crippen molar-refractivity contribution in [2.24, 2.45) is 0 Å². The molecule has 1 atom stereocenters. The van der Waals surface area contributed by atoms with E-state index in [1.165, 1.54) is 0 Å². The van der Waals surface area contributed by atoms with E-state index in [9.17, 15) is 0 Å². The van der Waals surface area contributed by atoms with E-state index in [4.69, 9.17) is 26.1 Å². The van der Waals surface area contributed by atoms with Gasteiger partial charge < -0.3 is 14.0 Å². The Labute approximate surface area is 146 Å². The quantitative estimate of drug-likeness (QED) is 0.687. The molecule has 2 heterocycles. The second-order valence-electron chi connectivity index (χ2n) is 6.01. The average Bonchev–Trinajstić information content (AvgIpc) is 3.23. The molecule has 0 bridgehead atoms. The Hall–Kier alpha value is -2.04. The highest BCUT2D eigenvalue weighted by Gasteiger charge is 2.20. The SMILES string of the molecule is Clc1ccc2nc(COc3ccccc3)n(CC3CCCO3)c2c1. The van der Waals surface area contributed by atoms with Crippen LogP contribution in [-0.4, -0.2) is 22.3 Å². The number of rotatable bonds is 5. The van der Waals surface area contributed by atoms with Crippen LogP contribution in [0.25, 0.3) is 11.0 Å². The molecular formula is C19H19ClN2O2. The van der Waals surface area contributed by atoms with Crippen molar-refractivity contribution < 1.29 is 9.47 Å². The Morgan fingerprint density at radius 1 is 1.21 bits per heavy atom. The van der Waals surface area contributed by atoms with Crippen LogP contribution in [0.4, 0.5) is 0 Å². The van der Waals surface area contributed by atoms with E-state index in [-0.39, 0.29) is 6.10 Å². The lowest BCUT2D eigenvalue weighted by Crippen LogP contribution is -2.18. The van der Waals surface area contributed by atoms with Crippen LogP contribution >= 0.6 is 11.6 Å². The Bertz CT molecular complexity index is 826. The summed E-state index contributed by atoms with van der Waals surface area (Å²) in [5, 5.41) is 0.714. The topological polar surface area (TPSA) is 36.3 Å². The number of halogens is 1. The first-order valence-corrected chi connectivity index (χ1v) is 8.61. The van der Waals surface area contributed by atoms with Crippen molar-refractivity contribution in [3.8, 4) is 5.75 Å². The molecule has 24 heavy (non-hydrogen) atoms. The van der Waals surface area contributed by atoms with E-state index in [1.807, 2.05) is 48.5 Å². The second-order valence-corrected chi connectivity index (χ2v) is 6.44. The molecular weight excluding hydrogens is 324 g/mol.